The van der Waals surface area contributed by atoms with Crippen LogP contribution in [0.2, 0.25) is 25.1 Å². The van der Waals surface area contributed by atoms with Gasteiger partial charge in [-0.3, -0.25) is 0 Å². The summed E-state index contributed by atoms with van der Waals surface area (Å²) in [6.45, 7) is 0. The number of ether oxygens (including phenoxy) is 1. The molecular formula is C14H5Cl5F2O2. The van der Waals surface area contributed by atoms with Crippen molar-refractivity contribution >= 4 is 64.0 Å². The molecule has 0 aliphatic carbocycles. The molecule has 0 spiro atoms. The van der Waals surface area contributed by atoms with Crippen LogP contribution in [0, 0.1) is 11.6 Å². The fourth-order valence-electron chi connectivity index (χ4n) is 1.87. The third-order valence-corrected chi connectivity index (χ3v) is 5.21. The number of hydrogen-bond donors (Lipinski definition) is 0. The van der Waals surface area contributed by atoms with Crippen molar-refractivity contribution in [3.8, 4) is 11.1 Å². The Balaban J connectivity index is 2.77. The van der Waals surface area contributed by atoms with E-state index in [0.29, 0.717) is 0 Å². The molecule has 122 valence electrons. The SMILES string of the molecule is COC(=O)c1c(F)cc(-c2c(Cl)c(Cl)c(Cl)c(Cl)c2Cl)cc1F. The Morgan fingerprint density at radius 2 is 1.26 bits per heavy atom. The molecule has 0 unspecified atom stereocenters. The van der Waals surface area contributed by atoms with Gasteiger partial charge in [-0.05, 0) is 17.7 Å². The summed E-state index contributed by atoms with van der Waals surface area (Å²) in [6.07, 6.45) is 0. The highest BCUT2D eigenvalue weighted by molar-refractivity contribution is 6.56. The maximum Gasteiger partial charge on any atom is 0.343 e. The lowest BCUT2D eigenvalue weighted by molar-refractivity contribution is 0.0590. The molecule has 9 heteroatoms. The Bertz CT molecular complexity index is 771. The normalized spacial score (nSPS) is 10.8. The number of benzene rings is 2. The van der Waals surface area contributed by atoms with E-state index in [2.05, 4.69) is 4.74 Å². The minimum absolute atomic E-state index is 0.0121. The molecule has 0 atom stereocenters. The molecular weight excluding hydrogens is 415 g/mol. The van der Waals surface area contributed by atoms with Gasteiger partial charge in [0.2, 0.25) is 0 Å². The summed E-state index contributed by atoms with van der Waals surface area (Å²) in [5.74, 6) is -3.46. The van der Waals surface area contributed by atoms with E-state index in [1.807, 2.05) is 0 Å². The van der Waals surface area contributed by atoms with Crippen molar-refractivity contribution in [3.63, 3.8) is 0 Å². The number of esters is 1. The van der Waals surface area contributed by atoms with Gasteiger partial charge in [0.1, 0.15) is 17.2 Å². The zero-order chi connectivity index (χ0) is 17.5. The smallest absolute Gasteiger partial charge is 0.343 e. The second-order valence-electron chi connectivity index (χ2n) is 4.25. The third kappa shape index (κ3) is 3.24. The maximum absolute atomic E-state index is 14.1. The summed E-state index contributed by atoms with van der Waals surface area (Å²) in [4.78, 5) is 11.4. The van der Waals surface area contributed by atoms with Crippen molar-refractivity contribution < 1.29 is 18.3 Å². The maximum atomic E-state index is 14.1. The highest BCUT2D eigenvalue weighted by Crippen LogP contribution is 2.48. The van der Waals surface area contributed by atoms with E-state index in [1.54, 1.807) is 0 Å². The molecule has 0 amide bonds. The first-order chi connectivity index (χ1) is 10.7. The van der Waals surface area contributed by atoms with Gasteiger partial charge < -0.3 is 4.74 Å². The predicted molar refractivity (Wildman–Crippen MR) is 88.2 cm³/mol. The van der Waals surface area contributed by atoms with Gasteiger partial charge in [-0.2, -0.15) is 0 Å². The van der Waals surface area contributed by atoms with Crippen molar-refractivity contribution in [1.82, 2.24) is 0 Å². The Hall–Kier alpha value is -0.780. The molecule has 2 nitrogen and oxygen atoms in total. The van der Waals surface area contributed by atoms with Crippen LogP contribution in [0.4, 0.5) is 8.78 Å². The summed E-state index contributed by atoms with van der Waals surface area (Å²) in [7, 11) is 1.00. The number of methoxy groups -OCH3 is 1. The van der Waals surface area contributed by atoms with Crippen LogP contribution >= 0.6 is 58.0 Å². The lowest BCUT2D eigenvalue weighted by Crippen LogP contribution is -2.08. The first-order valence-electron chi connectivity index (χ1n) is 5.79. The summed E-state index contributed by atoms with van der Waals surface area (Å²) >= 11 is 29.8. The van der Waals surface area contributed by atoms with Crippen molar-refractivity contribution in [2.24, 2.45) is 0 Å². The number of carbonyl (C=O) groups is 1. The number of carbonyl (C=O) groups excluding carboxylic acids is 1. The van der Waals surface area contributed by atoms with E-state index < -0.39 is 23.2 Å². The second kappa shape index (κ2) is 6.99. The molecule has 0 N–H and O–H groups in total. The van der Waals surface area contributed by atoms with Crippen LogP contribution in [-0.4, -0.2) is 13.1 Å². The average Bonchev–Trinajstić information content (AvgIpc) is 2.50. The molecule has 0 aliphatic heterocycles. The molecule has 0 saturated heterocycles. The van der Waals surface area contributed by atoms with E-state index in [9.17, 15) is 13.6 Å². The molecule has 0 radical (unpaired) electrons. The Labute approximate surface area is 154 Å². The largest absolute Gasteiger partial charge is 0.465 e. The van der Waals surface area contributed by atoms with Crippen LogP contribution in [0.25, 0.3) is 11.1 Å². The molecule has 2 aromatic carbocycles. The van der Waals surface area contributed by atoms with Crippen LogP contribution in [0.5, 0.6) is 0 Å². The molecule has 0 aliphatic rings. The van der Waals surface area contributed by atoms with Crippen molar-refractivity contribution in [1.29, 1.82) is 0 Å². The third-order valence-electron chi connectivity index (χ3n) is 2.93. The van der Waals surface area contributed by atoms with Gasteiger partial charge >= 0.3 is 5.97 Å². The summed E-state index contributed by atoms with van der Waals surface area (Å²) in [6, 6.07) is 1.73. The Kier molecular flexibility index (Phi) is 5.64. The van der Waals surface area contributed by atoms with Crippen LogP contribution in [0.1, 0.15) is 10.4 Å². The first kappa shape index (κ1) is 18.6. The molecule has 0 fully saturated rings. The van der Waals surface area contributed by atoms with Gasteiger partial charge in [-0.15, -0.1) is 0 Å². The predicted octanol–water partition coefficient (Wildman–Crippen LogP) is 6.69. The topological polar surface area (TPSA) is 26.3 Å². The lowest BCUT2D eigenvalue weighted by atomic mass is 10.0. The summed E-state index contributed by atoms with van der Waals surface area (Å²) in [5, 5.41) is -0.572. The molecule has 0 heterocycles. The van der Waals surface area contributed by atoms with E-state index in [4.69, 9.17) is 58.0 Å². The summed E-state index contributed by atoms with van der Waals surface area (Å²) < 4.78 is 32.4. The monoisotopic (exact) mass is 418 g/mol. The van der Waals surface area contributed by atoms with Crippen LogP contribution < -0.4 is 0 Å². The fraction of sp³-hybridized carbons (Fsp3) is 0.0714. The molecule has 0 bridgehead atoms. The number of rotatable bonds is 2. The van der Waals surface area contributed by atoms with Gasteiger partial charge in [-0.25, -0.2) is 13.6 Å². The zero-order valence-electron chi connectivity index (χ0n) is 11.1. The Morgan fingerprint density at radius 3 is 1.65 bits per heavy atom. The Morgan fingerprint density at radius 1 is 0.870 bits per heavy atom. The average molecular weight is 420 g/mol. The summed E-state index contributed by atoms with van der Waals surface area (Å²) in [5.41, 5.74) is -0.917. The first-order valence-corrected chi connectivity index (χ1v) is 7.68. The van der Waals surface area contributed by atoms with Gasteiger partial charge in [0, 0.05) is 5.56 Å². The number of hydrogen-bond acceptors (Lipinski definition) is 2. The van der Waals surface area contributed by atoms with Crippen molar-refractivity contribution in [2.45, 2.75) is 0 Å². The van der Waals surface area contributed by atoms with Crippen molar-refractivity contribution in [3.05, 3.63) is 54.4 Å². The molecule has 0 saturated carbocycles. The van der Waals surface area contributed by atoms with Gasteiger partial charge in [0.05, 0.1) is 32.2 Å². The molecule has 0 aromatic heterocycles. The number of halogens is 7. The molecule has 23 heavy (non-hydrogen) atoms. The van der Waals surface area contributed by atoms with Crippen LogP contribution in [-0.2, 0) is 4.74 Å². The van der Waals surface area contributed by atoms with E-state index in [1.165, 1.54) is 0 Å². The lowest BCUT2D eigenvalue weighted by Gasteiger charge is -2.14. The molecule has 2 rings (SSSR count). The van der Waals surface area contributed by atoms with Gasteiger partial charge in [0.25, 0.3) is 0 Å². The highest BCUT2D eigenvalue weighted by atomic mass is 35.5. The fourth-order valence-corrected chi connectivity index (χ4v) is 3.23. The van der Waals surface area contributed by atoms with Crippen LogP contribution in [0.3, 0.4) is 0 Å². The van der Waals surface area contributed by atoms with Crippen LogP contribution in [0.15, 0.2) is 12.1 Å². The van der Waals surface area contributed by atoms with E-state index >= 15 is 0 Å². The standard InChI is InChI=1S/C14H5Cl5F2O2/c1-23-14(22)8-5(20)2-4(3-6(8)21)7-9(15)11(17)13(19)12(18)10(7)16/h2-3H,1H3. The van der Waals surface area contributed by atoms with Gasteiger partial charge in [0.15, 0.2) is 0 Å². The quantitative estimate of drug-likeness (QED) is 0.308. The molecule has 2 aromatic rings. The second-order valence-corrected chi connectivity index (χ2v) is 6.14. The van der Waals surface area contributed by atoms with Crippen molar-refractivity contribution in [2.75, 3.05) is 7.11 Å². The zero-order valence-corrected chi connectivity index (χ0v) is 14.9. The van der Waals surface area contributed by atoms with E-state index in [0.717, 1.165) is 19.2 Å². The van der Waals surface area contributed by atoms with E-state index in [-0.39, 0.29) is 36.2 Å². The minimum Gasteiger partial charge on any atom is -0.465 e. The highest BCUT2D eigenvalue weighted by Gasteiger charge is 2.24. The minimum atomic E-state index is -1.16. The van der Waals surface area contributed by atoms with Gasteiger partial charge in [-0.1, -0.05) is 58.0 Å².